The van der Waals surface area contributed by atoms with Crippen molar-refractivity contribution in [3.8, 4) is 0 Å². The minimum atomic E-state index is -0.698. The highest BCUT2D eigenvalue weighted by Gasteiger charge is 2.17. The molecule has 1 amide bonds. The van der Waals surface area contributed by atoms with Crippen molar-refractivity contribution in [2.45, 2.75) is 0 Å². The lowest BCUT2D eigenvalue weighted by molar-refractivity contribution is 0.102. The van der Waals surface area contributed by atoms with E-state index in [1.165, 1.54) is 24.4 Å². The van der Waals surface area contributed by atoms with Crippen molar-refractivity contribution < 1.29 is 9.18 Å². The maximum atomic E-state index is 13.6. The Morgan fingerprint density at radius 3 is 2.79 bits per heavy atom. The summed E-state index contributed by atoms with van der Waals surface area (Å²) in [6, 6.07) is 5.51. The molecule has 0 aliphatic carbocycles. The second kappa shape index (κ2) is 5.86. The molecule has 1 aromatic heterocycles. The first-order chi connectivity index (χ1) is 8.99. The van der Waals surface area contributed by atoms with E-state index in [4.69, 9.17) is 23.2 Å². The molecule has 0 saturated heterocycles. The number of halogens is 4. The highest BCUT2D eigenvalue weighted by molar-refractivity contribution is 9.10. The lowest BCUT2D eigenvalue weighted by Gasteiger charge is -2.09. The van der Waals surface area contributed by atoms with Crippen LogP contribution in [0.15, 0.2) is 35.1 Å². The third kappa shape index (κ3) is 3.23. The topological polar surface area (TPSA) is 42.0 Å². The minimum absolute atomic E-state index is 0.0311. The molecule has 19 heavy (non-hydrogen) atoms. The number of hydrogen-bond acceptors (Lipinski definition) is 2. The van der Waals surface area contributed by atoms with Crippen LogP contribution in [0.5, 0.6) is 0 Å². The summed E-state index contributed by atoms with van der Waals surface area (Å²) in [6.07, 6.45) is 1.41. The summed E-state index contributed by atoms with van der Waals surface area (Å²) in [5.74, 6) is -1.37. The van der Waals surface area contributed by atoms with Crippen LogP contribution in [0.2, 0.25) is 10.0 Å². The number of hydrogen-bond donors (Lipinski definition) is 1. The fourth-order valence-corrected chi connectivity index (χ4v) is 2.13. The zero-order valence-corrected chi connectivity index (χ0v) is 12.4. The first-order valence-corrected chi connectivity index (χ1v) is 6.60. The van der Waals surface area contributed by atoms with Gasteiger partial charge in [0.2, 0.25) is 0 Å². The van der Waals surface area contributed by atoms with Gasteiger partial charge in [-0.25, -0.2) is 9.37 Å². The smallest absolute Gasteiger partial charge is 0.260 e. The highest BCUT2D eigenvalue weighted by Crippen LogP contribution is 2.25. The van der Waals surface area contributed by atoms with Crippen LogP contribution in [0.3, 0.4) is 0 Å². The zero-order valence-electron chi connectivity index (χ0n) is 9.25. The Balaban J connectivity index is 2.34. The molecule has 0 unspecified atom stereocenters. The summed E-state index contributed by atoms with van der Waals surface area (Å²) in [5, 5.41) is 2.87. The van der Waals surface area contributed by atoms with Crippen LogP contribution in [0, 0.1) is 5.82 Å². The van der Waals surface area contributed by atoms with Crippen molar-refractivity contribution >= 4 is 50.7 Å². The van der Waals surface area contributed by atoms with Crippen molar-refractivity contribution in [2.24, 2.45) is 0 Å². The van der Waals surface area contributed by atoms with Gasteiger partial charge in [-0.1, -0.05) is 29.3 Å². The monoisotopic (exact) mass is 362 g/mol. The molecular formula is C12H6BrCl2FN2O. The zero-order chi connectivity index (χ0) is 14.0. The normalized spacial score (nSPS) is 10.3. The lowest BCUT2D eigenvalue weighted by atomic mass is 10.2. The van der Waals surface area contributed by atoms with E-state index in [1.807, 2.05) is 0 Å². The van der Waals surface area contributed by atoms with E-state index in [1.54, 1.807) is 0 Å². The maximum absolute atomic E-state index is 13.6. The molecule has 0 bridgehead atoms. The first kappa shape index (κ1) is 14.2. The second-order valence-electron chi connectivity index (χ2n) is 3.54. The fraction of sp³-hybridized carbons (Fsp3) is 0. The summed E-state index contributed by atoms with van der Waals surface area (Å²) in [7, 11) is 0. The number of amides is 1. The van der Waals surface area contributed by atoms with Gasteiger partial charge in [-0.15, -0.1) is 0 Å². The van der Waals surface area contributed by atoms with Crippen molar-refractivity contribution in [3.63, 3.8) is 0 Å². The molecule has 0 radical (unpaired) electrons. The molecule has 1 aromatic carbocycles. The molecule has 2 aromatic rings. The second-order valence-corrected chi connectivity index (χ2v) is 5.14. The Bertz CT molecular complexity index is 631. The van der Waals surface area contributed by atoms with Gasteiger partial charge in [0.05, 0.1) is 21.3 Å². The van der Waals surface area contributed by atoms with Crippen molar-refractivity contribution in [1.82, 2.24) is 4.98 Å². The van der Waals surface area contributed by atoms with Gasteiger partial charge in [0.1, 0.15) is 10.4 Å². The first-order valence-electron chi connectivity index (χ1n) is 5.05. The molecular weight excluding hydrogens is 358 g/mol. The Hall–Kier alpha value is -1.17. The number of aromatic nitrogens is 1. The molecule has 0 fully saturated rings. The standard InChI is InChI=1S/C12H6BrCl2FN2O/c13-11-9(4-6(14)5-17-11)18-12(19)10-7(15)2-1-3-8(10)16/h1-5H,(H,18,19). The Morgan fingerprint density at radius 1 is 1.37 bits per heavy atom. The number of rotatable bonds is 2. The maximum Gasteiger partial charge on any atom is 0.260 e. The third-order valence-corrected chi connectivity index (χ3v) is 3.40. The largest absolute Gasteiger partial charge is 0.319 e. The molecule has 7 heteroatoms. The van der Waals surface area contributed by atoms with E-state index >= 15 is 0 Å². The average molecular weight is 364 g/mol. The number of nitrogens with zero attached hydrogens (tertiary/aromatic N) is 1. The van der Waals surface area contributed by atoms with E-state index in [0.29, 0.717) is 15.3 Å². The van der Waals surface area contributed by atoms with E-state index < -0.39 is 11.7 Å². The minimum Gasteiger partial charge on any atom is -0.319 e. The van der Waals surface area contributed by atoms with Crippen LogP contribution < -0.4 is 5.32 Å². The van der Waals surface area contributed by atoms with Gasteiger partial charge >= 0.3 is 0 Å². The van der Waals surface area contributed by atoms with Gasteiger partial charge in [-0.2, -0.15) is 0 Å². The van der Waals surface area contributed by atoms with Crippen LogP contribution in [0.1, 0.15) is 10.4 Å². The van der Waals surface area contributed by atoms with Crippen LogP contribution in [-0.2, 0) is 0 Å². The Kier molecular flexibility index (Phi) is 4.39. The number of benzene rings is 1. The number of carbonyl (C=O) groups excluding carboxylic acids is 1. The molecule has 3 nitrogen and oxygen atoms in total. The summed E-state index contributed by atoms with van der Waals surface area (Å²) < 4.78 is 14.0. The molecule has 0 aliphatic heterocycles. The van der Waals surface area contributed by atoms with Crippen LogP contribution >= 0.6 is 39.1 Å². The SMILES string of the molecule is O=C(Nc1cc(Cl)cnc1Br)c1c(F)cccc1Cl. The van der Waals surface area contributed by atoms with Crippen molar-refractivity contribution in [3.05, 3.63) is 56.5 Å². The summed E-state index contributed by atoms with van der Waals surface area (Å²) in [5.41, 5.74) is 0.105. The Labute approximate surface area is 126 Å². The molecule has 2 rings (SSSR count). The molecule has 0 saturated carbocycles. The highest BCUT2D eigenvalue weighted by atomic mass is 79.9. The molecule has 1 N–H and O–H groups in total. The van der Waals surface area contributed by atoms with Gasteiger partial charge in [0.25, 0.3) is 5.91 Å². The van der Waals surface area contributed by atoms with E-state index in [9.17, 15) is 9.18 Å². The predicted octanol–water partition coefficient (Wildman–Crippen LogP) is 4.54. The third-order valence-electron chi connectivity index (χ3n) is 2.24. The van der Waals surface area contributed by atoms with E-state index in [-0.39, 0.29) is 10.6 Å². The number of pyridine rings is 1. The van der Waals surface area contributed by atoms with Gasteiger partial charge in [-0.05, 0) is 34.1 Å². The van der Waals surface area contributed by atoms with Crippen LogP contribution in [0.4, 0.5) is 10.1 Å². The van der Waals surface area contributed by atoms with E-state index in [0.717, 1.165) is 6.07 Å². The summed E-state index contributed by atoms with van der Waals surface area (Å²) in [6.45, 7) is 0. The van der Waals surface area contributed by atoms with Crippen LogP contribution in [0.25, 0.3) is 0 Å². The summed E-state index contributed by atoms with van der Waals surface area (Å²) in [4.78, 5) is 15.9. The lowest BCUT2D eigenvalue weighted by Crippen LogP contribution is -2.15. The fourth-order valence-electron chi connectivity index (χ4n) is 1.41. The van der Waals surface area contributed by atoms with Gasteiger partial charge in [0.15, 0.2) is 0 Å². The molecule has 0 atom stereocenters. The van der Waals surface area contributed by atoms with E-state index in [2.05, 4.69) is 26.2 Å². The Morgan fingerprint density at radius 2 is 2.11 bits per heavy atom. The quantitative estimate of drug-likeness (QED) is 0.795. The average Bonchev–Trinajstić information content (AvgIpc) is 2.33. The van der Waals surface area contributed by atoms with Crippen molar-refractivity contribution in [1.29, 1.82) is 0 Å². The van der Waals surface area contributed by atoms with Crippen LogP contribution in [-0.4, -0.2) is 10.9 Å². The van der Waals surface area contributed by atoms with Gasteiger partial charge < -0.3 is 5.32 Å². The van der Waals surface area contributed by atoms with Gasteiger partial charge in [-0.3, -0.25) is 4.79 Å². The predicted molar refractivity (Wildman–Crippen MR) is 76.3 cm³/mol. The van der Waals surface area contributed by atoms with Crippen molar-refractivity contribution in [2.75, 3.05) is 5.32 Å². The number of nitrogens with one attached hydrogen (secondary N) is 1. The molecule has 1 heterocycles. The number of anilines is 1. The number of carbonyl (C=O) groups is 1. The van der Waals surface area contributed by atoms with Gasteiger partial charge in [0, 0.05) is 6.20 Å². The molecule has 98 valence electrons. The molecule has 0 aliphatic rings. The molecule has 0 spiro atoms. The summed E-state index contributed by atoms with van der Waals surface area (Å²) >= 11 is 14.7.